The molecular weight excluding hydrogens is 531 g/mol. The number of nitrogens with zero attached hydrogens (tertiary/aromatic N) is 2. The largest absolute Gasteiger partial charge is 0.370 e. The summed E-state index contributed by atoms with van der Waals surface area (Å²) in [6.45, 7) is 7.23. The molecule has 0 spiro atoms. The van der Waals surface area contributed by atoms with Gasteiger partial charge in [-0.25, -0.2) is 8.42 Å². The summed E-state index contributed by atoms with van der Waals surface area (Å²) in [6, 6.07) is 7.97. The summed E-state index contributed by atoms with van der Waals surface area (Å²) in [5.41, 5.74) is 2.39. The van der Waals surface area contributed by atoms with Gasteiger partial charge in [-0.1, -0.05) is 24.3 Å². The molecule has 2 heterocycles. The van der Waals surface area contributed by atoms with Crippen molar-refractivity contribution < 1.29 is 17.9 Å². The fraction of sp³-hybridized carbons (Fsp3) is 0.619. The number of rotatable bonds is 6. The minimum absolute atomic E-state index is 0. The van der Waals surface area contributed by atoms with E-state index in [9.17, 15) is 13.2 Å². The van der Waals surface area contributed by atoms with Gasteiger partial charge in [0.25, 0.3) is 0 Å². The highest BCUT2D eigenvalue weighted by Crippen LogP contribution is 2.25. The van der Waals surface area contributed by atoms with Gasteiger partial charge in [0.2, 0.25) is 5.91 Å². The van der Waals surface area contributed by atoms with Gasteiger partial charge in [-0.15, -0.1) is 24.0 Å². The maximum Gasteiger partial charge on any atom is 0.222 e. The lowest BCUT2D eigenvalue weighted by molar-refractivity contribution is -0.121. The summed E-state index contributed by atoms with van der Waals surface area (Å²) in [6.07, 6.45) is 0.710. The smallest absolute Gasteiger partial charge is 0.222 e. The van der Waals surface area contributed by atoms with E-state index in [4.69, 9.17) is 4.74 Å². The summed E-state index contributed by atoms with van der Waals surface area (Å²) in [5.74, 6) is 0.811. The number of hydrogen-bond donors (Lipinski definition) is 2. The second-order valence-corrected chi connectivity index (χ2v) is 10.0. The summed E-state index contributed by atoms with van der Waals surface area (Å²) < 4.78 is 29.1. The Kier molecular flexibility index (Phi) is 10.0. The highest BCUT2D eigenvalue weighted by atomic mass is 127. The third-order valence-electron chi connectivity index (χ3n) is 5.43. The van der Waals surface area contributed by atoms with Crippen LogP contribution < -0.4 is 10.6 Å². The number of ether oxygens (including phenoxy) is 1. The summed E-state index contributed by atoms with van der Waals surface area (Å²) in [4.78, 5) is 19.0. The van der Waals surface area contributed by atoms with Gasteiger partial charge in [0.15, 0.2) is 15.8 Å². The second-order valence-electron chi connectivity index (χ2n) is 7.82. The first-order valence-corrected chi connectivity index (χ1v) is 12.4. The molecule has 8 nitrogen and oxygen atoms in total. The summed E-state index contributed by atoms with van der Waals surface area (Å²) in [7, 11) is -3.00. The van der Waals surface area contributed by atoms with E-state index in [1.54, 1.807) is 0 Å². The van der Waals surface area contributed by atoms with Crippen molar-refractivity contribution in [2.45, 2.75) is 38.8 Å². The molecule has 31 heavy (non-hydrogen) atoms. The van der Waals surface area contributed by atoms with Crippen molar-refractivity contribution in [2.24, 2.45) is 4.99 Å². The molecule has 0 saturated carbocycles. The molecule has 0 bridgehead atoms. The van der Waals surface area contributed by atoms with E-state index in [1.165, 1.54) is 11.1 Å². The van der Waals surface area contributed by atoms with Crippen molar-refractivity contribution in [1.29, 1.82) is 0 Å². The van der Waals surface area contributed by atoms with Gasteiger partial charge in [0.1, 0.15) is 6.10 Å². The van der Waals surface area contributed by atoms with Gasteiger partial charge in [-0.2, -0.15) is 0 Å². The lowest BCUT2D eigenvalue weighted by atomic mass is 10.0. The number of aliphatic imine (C=N–C) groups is 1. The zero-order chi connectivity index (χ0) is 21.6. The Morgan fingerprint density at radius 2 is 2.10 bits per heavy atom. The van der Waals surface area contributed by atoms with Crippen molar-refractivity contribution in [1.82, 2.24) is 15.5 Å². The molecule has 10 heteroatoms. The number of nitrogens with one attached hydrogen (secondary N) is 2. The molecule has 1 aromatic carbocycles. The van der Waals surface area contributed by atoms with Gasteiger partial charge >= 0.3 is 0 Å². The highest BCUT2D eigenvalue weighted by Gasteiger charge is 2.29. The normalized spacial score (nSPS) is 23.2. The first kappa shape index (κ1) is 25.9. The number of amides is 1. The van der Waals surface area contributed by atoms with Crippen LogP contribution in [-0.4, -0.2) is 75.5 Å². The van der Waals surface area contributed by atoms with E-state index >= 15 is 0 Å². The van der Waals surface area contributed by atoms with Crippen LogP contribution in [0.25, 0.3) is 0 Å². The van der Waals surface area contributed by atoms with Gasteiger partial charge in [0, 0.05) is 25.6 Å². The van der Waals surface area contributed by atoms with Crippen molar-refractivity contribution in [3.8, 4) is 0 Å². The van der Waals surface area contributed by atoms with Crippen LogP contribution in [0, 0.1) is 6.92 Å². The van der Waals surface area contributed by atoms with E-state index in [2.05, 4.69) is 39.6 Å². The molecule has 2 aliphatic rings. The Bertz CT molecular complexity index is 878. The zero-order valence-electron chi connectivity index (χ0n) is 18.2. The average molecular weight is 564 g/mol. The Labute approximate surface area is 202 Å². The van der Waals surface area contributed by atoms with Crippen LogP contribution in [0.5, 0.6) is 0 Å². The monoisotopic (exact) mass is 564 g/mol. The van der Waals surface area contributed by atoms with Crippen molar-refractivity contribution in [2.75, 3.05) is 44.3 Å². The zero-order valence-corrected chi connectivity index (χ0v) is 21.3. The Hall–Kier alpha value is -1.40. The molecule has 2 aliphatic heterocycles. The van der Waals surface area contributed by atoms with Crippen molar-refractivity contribution in [3.63, 3.8) is 0 Å². The molecule has 0 aromatic heterocycles. The molecule has 2 unspecified atom stereocenters. The molecule has 1 amide bonds. The molecule has 2 saturated heterocycles. The van der Waals surface area contributed by atoms with Crippen LogP contribution in [0.3, 0.4) is 0 Å². The van der Waals surface area contributed by atoms with E-state index in [-0.39, 0.29) is 60.0 Å². The number of benzene rings is 1. The number of guanidine groups is 1. The Morgan fingerprint density at radius 3 is 2.77 bits per heavy atom. The van der Waals surface area contributed by atoms with E-state index in [1.807, 2.05) is 19.1 Å². The van der Waals surface area contributed by atoms with Gasteiger partial charge in [-0.3, -0.25) is 9.79 Å². The molecule has 2 atom stereocenters. The predicted octanol–water partition coefficient (Wildman–Crippen LogP) is 1.65. The number of carbonyl (C=O) groups is 1. The van der Waals surface area contributed by atoms with Crippen molar-refractivity contribution in [3.05, 3.63) is 35.4 Å². The second kappa shape index (κ2) is 12.0. The quantitative estimate of drug-likeness (QED) is 0.310. The first-order chi connectivity index (χ1) is 14.4. The maximum absolute atomic E-state index is 12.2. The van der Waals surface area contributed by atoms with Crippen LogP contribution >= 0.6 is 24.0 Å². The lowest BCUT2D eigenvalue weighted by Crippen LogP contribution is -2.48. The van der Waals surface area contributed by atoms with Crippen LogP contribution in [0.4, 0.5) is 0 Å². The molecular formula is C21H33IN4O4S. The molecule has 1 aromatic rings. The third kappa shape index (κ3) is 7.60. The standard InChI is InChI=1S/C21H32N4O4S.HI/c1-3-22-21(23-10-8-20(26)24-17-9-13-30(27,28)15-17)25-11-12-29-19(14-25)18-7-5-4-6-16(18)2;/h4-7,17,19H,3,8-15H2,1-2H3,(H,22,23)(H,24,26);1H. The fourth-order valence-corrected chi connectivity index (χ4v) is 5.55. The molecule has 2 N–H and O–H groups in total. The number of halogens is 1. The average Bonchev–Trinajstić information content (AvgIpc) is 3.06. The topological polar surface area (TPSA) is 100 Å². The number of sulfone groups is 1. The van der Waals surface area contributed by atoms with Crippen LogP contribution in [0.1, 0.15) is 37.0 Å². The maximum atomic E-state index is 12.2. The predicted molar refractivity (Wildman–Crippen MR) is 133 cm³/mol. The van der Waals surface area contributed by atoms with Crippen molar-refractivity contribution >= 4 is 45.7 Å². The molecule has 3 rings (SSSR count). The van der Waals surface area contributed by atoms with Gasteiger partial charge < -0.3 is 20.3 Å². The summed E-state index contributed by atoms with van der Waals surface area (Å²) in [5, 5.41) is 6.12. The number of carbonyl (C=O) groups excluding carboxylic acids is 1. The molecule has 2 fully saturated rings. The third-order valence-corrected chi connectivity index (χ3v) is 7.20. The lowest BCUT2D eigenvalue weighted by Gasteiger charge is -2.35. The van der Waals surface area contributed by atoms with E-state index < -0.39 is 9.84 Å². The number of morpholine rings is 1. The number of hydrogen-bond acceptors (Lipinski definition) is 5. The van der Waals surface area contributed by atoms with E-state index in [0.717, 1.165) is 19.0 Å². The molecule has 0 radical (unpaired) electrons. The SMILES string of the molecule is CCNC(=NCCC(=O)NC1CCS(=O)(=O)C1)N1CCOC(c2ccccc2C)C1.I. The minimum atomic E-state index is -3.00. The first-order valence-electron chi connectivity index (χ1n) is 10.6. The van der Waals surface area contributed by atoms with Gasteiger partial charge in [-0.05, 0) is 31.4 Å². The number of aryl methyl sites for hydroxylation is 1. The van der Waals surface area contributed by atoms with Crippen LogP contribution in [0.15, 0.2) is 29.3 Å². The molecule has 174 valence electrons. The Balaban J connectivity index is 0.00000341. The minimum Gasteiger partial charge on any atom is -0.370 e. The summed E-state index contributed by atoms with van der Waals surface area (Å²) >= 11 is 0. The van der Waals surface area contributed by atoms with Gasteiger partial charge in [0.05, 0.1) is 31.2 Å². The highest BCUT2D eigenvalue weighted by molar-refractivity contribution is 14.0. The van der Waals surface area contributed by atoms with Crippen LogP contribution in [0.2, 0.25) is 0 Å². The van der Waals surface area contributed by atoms with Crippen LogP contribution in [-0.2, 0) is 19.4 Å². The fourth-order valence-electron chi connectivity index (χ4n) is 3.88. The molecule has 0 aliphatic carbocycles. The van der Waals surface area contributed by atoms with E-state index in [0.29, 0.717) is 26.1 Å². The Morgan fingerprint density at radius 1 is 1.32 bits per heavy atom.